The summed E-state index contributed by atoms with van der Waals surface area (Å²) in [6.07, 6.45) is 5.44. The van der Waals surface area contributed by atoms with E-state index < -0.39 is 0 Å². The number of hydrogen-bond acceptors (Lipinski definition) is 2. The lowest BCUT2D eigenvalue weighted by molar-refractivity contribution is -0.137. The van der Waals surface area contributed by atoms with Gasteiger partial charge in [0.25, 0.3) is 0 Å². The largest absolute Gasteiger partial charge is 0.398 e. The molecule has 0 spiro atoms. The summed E-state index contributed by atoms with van der Waals surface area (Å²) in [7, 11) is 0. The van der Waals surface area contributed by atoms with Crippen LogP contribution in [0.25, 0.3) is 0 Å². The lowest BCUT2D eigenvalue weighted by Crippen LogP contribution is -2.40. The van der Waals surface area contributed by atoms with Crippen molar-refractivity contribution in [1.29, 1.82) is 0 Å². The van der Waals surface area contributed by atoms with E-state index in [-0.39, 0.29) is 5.92 Å². The van der Waals surface area contributed by atoms with E-state index in [1.165, 1.54) is 24.0 Å². The average Bonchev–Trinajstić information content (AvgIpc) is 2.47. The second-order valence-corrected chi connectivity index (χ2v) is 6.45. The minimum absolute atomic E-state index is 0.258. The Morgan fingerprint density at radius 2 is 2.00 bits per heavy atom. The van der Waals surface area contributed by atoms with E-state index in [0.717, 1.165) is 44.0 Å². The summed E-state index contributed by atoms with van der Waals surface area (Å²) in [5, 5.41) is 0. The second-order valence-electron chi connectivity index (χ2n) is 6.45. The Morgan fingerprint density at radius 3 is 2.75 bits per heavy atom. The molecule has 2 aliphatic rings. The van der Waals surface area contributed by atoms with Crippen molar-refractivity contribution in [3.05, 3.63) is 29.3 Å². The summed E-state index contributed by atoms with van der Waals surface area (Å²) in [6.45, 7) is 3.86. The fourth-order valence-electron chi connectivity index (χ4n) is 3.59. The number of anilines is 1. The summed E-state index contributed by atoms with van der Waals surface area (Å²) >= 11 is 0. The number of nitrogens with zero attached hydrogens (tertiary/aromatic N) is 1. The Kier molecular flexibility index (Phi) is 3.68. The number of rotatable bonds is 1. The van der Waals surface area contributed by atoms with E-state index in [1.54, 1.807) is 0 Å². The molecule has 0 unspecified atom stereocenters. The third-order valence-electron chi connectivity index (χ3n) is 4.98. The quantitative estimate of drug-likeness (QED) is 0.799. The van der Waals surface area contributed by atoms with Crippen LogP contribution < -0.4 is 5.73 Å². The van der Waals surface area contributed by atoms with Gasteiger partial charge in [-0.05, 0) is 55.2 Å². The molecule has 3 nitrogen and oxygen atoms in total. The normalized spacial score (nSPS) is 26.1. The molecular formula is C17H24N2O. The van der Waals surface area contributed by atoms with Crippen LogP contribution in [0.5, 0.6) is 0 Å². The van der Waals surface area contributed by atoms with E-state index in [2.05, 4.69) is 13.0 Å². The fourth-order valence-corrected chi connectivity index (χ4v) is 3.59. The predicted molar refractivity (Wildman–Crippen MR) is 81.1 cm³/mol. The van der Waals surface area contributed by atoms with Crippen molar-refractivity contribution in [3.8, 4) is 0 Å². The molecule has 108 valence electrons. The van der Waals surface area contributed by atoms with Crippen molar-refractivity contribution in [2.45, 2.75) is 45.6 Å². The van der Waals surface area contributed by atoms with Gasteiger partial charge < -0.3 is 10.6 Å². The van der Waals surface area contributed by atoms with Crippen LogP contribution in [0, 0.1) is 11.8 Å². The molecule has 1 aromatic carbocycles. The van der Waals surface area contributed by atoms with Crippen molar-refractivity contribution < 1.29 is 4.79 Å². The Hall–Kier alpha value is -1.51. The van der Waals surface area contributed by atoms with Crippen molar-refractivity contribution >= 4 is 11.6 Å². The first kappa shape index (κ1) is 13.5. The molecule has 0 radical (unpaired) electrons. The van der Waals surface area contributed by atoms with Gasteiger partial charge in [0, 0.05) is 24.7 Å². The number of nitrogens with two attached hydrogens (primary N) is 1. The summed E-state index contributed by atoms with van der Waals surface area (Å²) < 4.78 is 0. The van der Waals surface area contributed by atoms with Gasteiger partial charge in [-0.15, -0.1) is 0 Å². The van der Waals surface area contributed by atoms with Gasteiger partial charge in [-0.1, -0.05) is 19.1 Å². The van der Waals surface area contributed by atoms with E-state index in [1.807, 2.05) is 17.0 Å². The minimum Gasteiger partial charge on any atom is -0.398 e. The first-order chi connectivity index (χ1) is 9.65. The number of benzene rings is 1. The molecule has 0 aromatic heterocycles. The van der Waals surface area contributed by atoms with Gasteiger partial charge in [-0.2, -0.15) is 0 Å². The predicted octanol–water partition coefficient (Wildman–Crippen LogP) is 2.98. The third kappa shape index (κ3) is 2.54. The molecule has 1 aliphatic carbocycles. The molecule has 2 N–H and O–H groups in total. The molecular weight excluding hydrogens is 248 g/mol. The van der Waals surface area contributed by atoms with Gasteiger partial charge in [0.1, 0.15) is 0 Å². The van der Waals surface area contributed by atoms with Crippen molar-refractivity contribution in [2.75, 3.05) is 12.3 Å². The SMILES string of the molecule is CC1CCC(C(=O)N2CCc3c(N)cccc3C2)CC1. The number of nitrogen functional groups attached to an aromatic ring is 1. The maximum absolute atomic E-state index is 12.6. The lowest BCUT2D eigenvalue weighted by atomic mass is 9.82. The van der Waals surface area contributed by atoms with Crippen LogP contribution >= 0.6 is 0 Å². The smallest absolute Gasteiger partial charge is 0.225 e. The van der Waals surface area contributed by atoms with E-state index in [0.29, 0.717) is 5.91 Å². The Labute approximate surface area is 121 Å². The lowest BCUT2D eigenvalue weighted by Gasteiger charge is -2.34. The zero-order valence-corrected chi connectivity index (χ0v) is 12.3. The van der Waals surface area contributed by atoms with Crippen molar-refractivity contribution in [1.82, 2.24) is 4.90 Å². The Balaban J connectivity index is 1.69. The second kappa shape index (κ2) is 5.47. The summed E-state index contributed by atoms with van der Waals surface area (Å²) in [4.78, 5) is 14.7. The number of hydrogen-bond donors (Lipinski definition) is 1. The van der Waals surface area contributed by atoms with E-state index in [9.17, 15) is 4.79 Å². The van der Waals surface area contributed by atoms with Gasteiger partial charge in [-0.25, -0.2) is 0 Å². The number of carbonyl (C=O) groups excluding carboxylic acids is 1. The third-order valence-corrected chi connectivity index (χ3v) is 4.98. The maximum atomic E-state index is 12.6. The maximum Gasteiger partial charge on any atom is 0.225 e. The molecule has 1 amide bonds. The molecule has 0 bridgehead atoms. The van der Waals surface area contributed by atoms with Gasteiger partial charge >= 0.3 is 0 Å². The monoisotopic (exact) mass is 272 g/mol. The highest BCUT2D eigenvalue weighted by Crippen LogP contribution is 2.31. The van der Waals surface area contributed by atoms with Crippen LogP contribution in [-0.4, -0.2) is 17.4 Å². The summed E-state index contributed by atoms with van der Waals surface area (Å²) in [5.74, 6) is 1.42. The van der Waals surface area contributed by atoms with E-state index in [4.69, 9.17) is 5.73 Å². The molecule has 1 aromatic rings. The topological polar surface area (TPSA) is 46.3 Å². The molecule has 0 saturated heterocycles. The zero-order chi connectivity index (χ0) is 14.1. The number of fused-ring (bicyclic) bond motifs is 1. The molecule has 0 atom stereocenters. The standard InChI is InChI=1S/C17H24N2O/c1-12-5-7-13(8-6-12)17(20)19-10-9-15-14(11-19)3-2-4-16(15)18/h2-4,12-13H,5-11,18H2,1H3. The van der Waals surface area contributed by atoms with Crippen LogP contribution in [0.15, 0.2) is 18.2 Å². The zero-order valence-electron chi connectivity index (χ0n) is 12.3. The van der Waals surface area contributed by atoms with Gasteiger partial charge in [0.05, 0.1) is 0 Å². The van der Waals surface area contributed by atoms with Crippen LogP contribution in [0.3, 0.4) is 0 Å². The Bertz CT molecular complexity index is 504. The first-order valence-electron chi connectivity index (χ1n) is 7.80. The van der Waals surface area contributed by atoms with Gasteiger partial charge in [0.15, 0.2) is 0 Å². The molecule has 1 saturated carbocycles. The van der Waals surface area contributed by atoms with Gasteiger partial charge in [-0.3, -0.25) is 4.79 Å². The van der Waals surface area contributed by atoms with Crippen LogP contribution in [-0.2, 0) is 17.8 Å². The highest BCUT2D eigenvalue weighted by atomic mass is 16.2. The average molecular weight is 272 g/mol. The first-order valence-corrected chi connectivity index (χ1v) is 7.80. The fraction of sp³-hybridized carbons (Fsp3) is 0.588. The molecule has 20 heavy (non-hydrogen) atoms. The number of carbonyl (C=O) groups is 1. The van der Waals surface area contributed by atoms with Crippen LogP contribution in [0.1, 0.15) is 43.7 Å². The molecule has 1 aliphatic heterocycles. The summed E-state index contributed by atoms with van der Waals surface area (Å²) in [6, 6.07) is 6.05. The number of amides is 1. The van der Waals surface area contributed by atoms with Crippen LogP contribution in [0.4, 0.5) is 5.69 Å². The molecule has 3 heteroatoms. The molecule has 1 fully saturated rings. The van der Waals surface area contributed by atoms with Crippen LogP contribution in [0.2, 0.25) is 0 Å². The molecule has 3 rings (SSSR count). The summed E-state index contributed by atoms with van der Waals surface area (Å²) in [5.41, 5.74) is 9.37. The van der Waals surface area contributed by atoms with E-state index >= 15 is 0 Å². The minimum atomic E-state index is 0.258. The highest BCUT2D eigenvalue weighted by molar-refractivity contribution is 5.79. The highest BCUT2D eigenvalue weighted by Gasteiger charge is 2.30. The molecule has 1 heterocycles. The van der Waals surface area contributed by atoms with Crippen molar-refractivity contribution in [2.24, 2.45) is 11.8 Å². The van der Waals surface area contributed by atoms with Crippen molar-refractivity contribution in [3.63, 3.8) is 0 Å². The van der Waals surface area contributed by atoms with Gasteiger partial charge in [0.2, 0.25) is 5.91 Å². The Morgan fingerprint density at radius 1 is 1.25 bits per heavy atom.